The summed E-state index contributed by atoms with van der Waals surface area (Å²) in [6.45, 7) is 5.47. The van der Waals surface area contributed by atoms with E-state index in [1.54, 1.807) is 0 Å². The van der Waals surface area contributed by atoms with E-state index in [2.05, 4.69) is 16.7 Å². The van der Waals surface area contributed by atoms with Crippen molar-refractivity contribution in [3.05, 3.63) is 5.21 Å². The summed E-state index contributed by atoms with van der Waals surface area (Å²) >= 11 is 0. The summed E-state index contributed by atoms with van der Waals surface area (Å²) < 4.78 is 200. The quantitative estimate of drug-likeness (QED) is 0.0379. The number of hydrogen-bond acceptors (Lipinski definition) is 29. The van der Waals surface area contributed by atoms with Gasteiger partial charge in [-0.05, 0) is 12.8 Å². The Bertz CT molecular complexity index is 2300. The van der Waals surface area contributed by atoms with Crippen molar-refractivity contribution in [2.75, 3.05) is 19.8 Å². The summed E-state index contributed by atoms with van der Waals surface area (Å²) in [5.41, 5.74) is 1.39. The van der Waals surface area contributed by atoms with Crippen LogP contribution in [0, 0.1) is 34.8 Å². The largest absolute Gasteiger partial charge is 0.786 e. The molecule has 5 fully saturated rings. The van der Waals surface area contributed by atoms with Crippen LogP contribution in [0.15, 0.2) is 0 Å². The van der Waals surface area contributed by atoms with Crippen molar-refractivity contribution in [2.24, 2.45) is 29.6 Å². The topological polar surface area (TPSA) is 511 Å². The molecule has 0 aromatic rings. The minimum atomic E-state index is -5.59. The van der Waals surface area contributed by atoms with Gasteiger partial charge in [0.2, 0.25) is 0 Å². The Balaban J connectivity index is 1.37. The van der Waals surface area contributed by atoms with Gasteiger partial charge in [0.25, 0.3) is 0 Å². The molecule has 5 heterocycles. The zero-order valence-corrected chi connectivity index (χ0v) is 42.3. The van der Waals surface area contributed by atoms with Gasteiger partial charge >= 0.3 is 47.6 Å². The highest BCUT2D eigenvalue weighted by molar-refractivity contribution is 7.81. The summed E-state index contributed by atoms with van der Waals surface area (Å²) in [4.78, 5) is 12.6. The zero-order valence-electron chi connectivity index (χ0n) is 39.0. The van der Waals surface area contributed by atoms with E-state index in [0.29, 0.717) is 0 Å². The van der Waals surface area contributed by atoms with Gasteiger partial charge < -0.3 is 84.0 Å². The van der Waals surface area contributed by atoms with Crippen LogP contribution < -0.4 is 5.48 Å². The molecule has 0 aromatic carbocycles. The molecule has 73 heavy (non-hydrogen) atoms. The van der Waals surface area contributed by atoms with Crippen molar-refractivity contribution in [1.29, 1.82) is 0 Å². The highest BCUT2D eigenvalue weighted by atomic mass is 32.3. The number of rotatable bonds is 21. The molecule has 5 aliphatic heterocycles. The van der Waals surface area contributed by atoms with Gasteiger partial charge in [-0.1, -0.05) is 34.6 Å². The number of carbonyl (C=O) groups is 1. The van der Waals surface area contributed by atoms with Gasteiger partial charge in [0, 0.05) is 23.7 Å². The van der Waals surface area contributed by atoms with E-state index in [0.717, 1.165) is 0 Å². The highest BCUT2D eigenvalue weighted by Gasteiger charge is 2.57. The standard InChI is InChI=1S/C35H60NO33S4/c1-10-11(2)32(66-27-23(41)28(69-73(54,55)56)35(68-30(27)36-44)64-25-18(9-59-72(51,52)53)60-15(6)12(3)20(25)38)62-17(8-58-71(48,49)50)24(10)63-34-22(40)21(39)26(29(67-34)31(42)43)65-33-14(5)19(37)13(4)16(61-33)7-57-70(45,46)47/h10-30,32-41H,7-9H2,1-6H3,(H,42,43)(H,45,46,47)(H,48,49,50)(H,51,52,53)(H,54,55,56)/q-1/t10-,11?,12?,13-,14?,15-,16?,17?,18?,19+,20-,21-,22?,23?,24+,25-,26+,27+,28?,29?,30-,32-,33-,34-,35-/m1/s1. The molecule has 0 amide bonds. The van der Waals surface area contributed by atoms with Gasteiger partial charge in [0.15, 0.2) is 37.4 Å². The Labute approximate surface area is 417 Å². The van der Waals surface area contributed by atoms with Crippen LogP contribution >= 0.6 is 0 Å². The second kappa shape index (κ2) is 24.5. The number of aliphatic hydroxyl groups excluding tert-OH is 5. The van der Waals surface area contributed by atoms with E-state index in [4.69, 9.17) is 51.7 Å². The van der Waals surface area contributed by atoms with Crippen LogP contribution in [-0.4, -0.2) is 231 Å². The van der Waals surface area contributed by atoms with Gasteiger partial charge in [0.1, 0.15) is 55.1 Å². The van der Waals surface area contributed by atoms with E-state index >= 15 is 0 Å². The summed E-state index contributed by atoms with van der Waals surface area (Å²) in [7, 11) is -21.0. The molecule has 38 heteroatoms. The van der Waals surface area contributed by atoms with E-state index < -0.39 is 220 Å². The van der Waals surface area contributed by atoms with Crippen molar-refractivity contribution >= 4 is 47.6 Å². The van der Waals surface area contributed by atoms with Crippen molar-refractivity contribution in [3.8, 4) is 0 Å². The lowest BCUT2D eigenvalue weighted by atomic mass is 9.84. The molecule has 25 atom stereocenters. The third-order valence-corrected chi connectivity index (χ3v) is 15.0. The average molecular weight is 1150 g/mol. The minimum absolute atomic E-state index is 0.822. The number of carboxylic acid groups (broad SMARTS) is 1. The molecule has 5 aliphatic rings. The monoisotopic (exact) mass is 1150 g/mol. The Kier molecular flexibility index (Phi) is 20.9. The molecule has 0 radical (unpaired) electrons. The maximum Gasteiger partial charge on any atom is 0.397 e. The molecule has 0 saturated carbocycles. The Morgan fingerprint density at radius 1 is 0.466 bits per heavy atom. The maximum absolute atomic E-state index is 12.6. The van der Waals surface area contributed by atoms with Gasteiger partial charge in [-0.15, -0.1) is 0 Å². The molecular weight excluding hydrogens is 1090 g/mol. The van der Waals surface area contributed by atoms with Crippen molar-refractivity contribution in [1.82, 2.24) is 5.48 Å². The van der Waals surface area contributed by atoms with Crippen LogP contribution in [0.25, 0.3) is 0 Å². The molecule has 0 aliphatic carbocycles. The molecule has 0 spiro atoms. The normalized spacial score (nSPS) is 44.4. The number of hydrogen-bond donors (Lipinski definition) is 11. The van der Waals surface area contributed by atoms with Crippen LogP contribution in [0.3, 0.4) is 0 Å². The number of carboxylic acids is 1. The number of hydroxylamine groups is 1. The number of ether oxygens (including phenoxy) is 9. The van der Waals surface area contributed by atoms with E-state index in [9.17, 15) is 83.4 Å². The predicted molar refractivity (Wildman–Crippen MR) is 227 cm³/mol. The molecule has 11 N–H and O–H groups in total. The fraction of sp³-hybridized carbons (Fsp3) is 0.971. The van der Waals surface area contributed by atoms with Crippen molar-refractivity contribution < 1.29 is 147 Å². The first-order chi connectivity index (χ1) is 33.5. The van der Waals surface area contributed by atoms with Crippen LogP contribution in [0.5, 0.6) is 0 Å². The van der Waals surface area contributed by atoms with E-state index in [-0.39, 0.29) is 0 Å². The fourth-order valence-electron chi connectivity index (χ4n) is 8.77. The van der Waals surface area contributed by atoms with Gasteiger partial charge in [-0.3, -0.25) is 18.2 Å². The molecule has 0 bridgehead atoms. The molecular formula is C35H60NO33S4-. The minimum Gasteiger partial charge on any atom is -0.786 e. The third kappa shape index (κ3) is 16.0. The maximum atomic E-state index is 12.6. The average Bonchev–Trinajstić information content (AvgIpc) is 3.27. The zero-order chi connectivity index (χ0) is 55.0. The smallest absolute Gasteiger partial charge is 0.397 e. The first-order valence-corrected chi connectivity index (χ1v) is 27.4. The Morgan fingerprint density at radius 3 is 1.47 bits per heavy atom. The van der Waals surface area contributed by atoms with E-state index in [1.807, 2.05) is 0 Å². The van der Waals surface area contributed by atoms with Crippen molar-refractivity contribution in [2.45, 2.75) is 164 Å². The molecule has 34 nitrogen and oxygen atoms in total. The summed E-state index contributed by atoms with van der Waals surface area (Å²) in [6.07, 6.45) is -37.7. The molecule has 428 valence electrons. The summed E-state index contributed by atoms with van der Waals surface area (Å²) in [5.74, 6) is -6.73. The lowest BCUT2D eigenvalue weighted by molar-refractivity contribution is -0.377. The van der Waals surface area contributed by atoms with Crippen LogP contribution in [0.2, 0.25) is 0 Å². The molecule has 5 saturated heterocycles. The number of nitrogens with one attached hydrogen (secondary N) is 1. The predicted octanol–water partition coefficient (Wildman–Crippen LogP) is -5.03. The number of aliphatic carboxylic acids is 1. The summed E-state index contributed by atoms with van der Waals surface area (Å²) in [5, 5.41) is 78.9. The second-order valence-electron chi connectivity index (χ2n) is 18.0. The van der Waals surface area contributed by atoms with Gasteiger partial charge in [0.05, 0.1) is 50.3 Å². The lowest BCUT2D eigenvalue weighted by Crippen LogP contribution is -2.67. The lowest BCUT2D eigenvalue weighted by Gasteiger charge is -2.51. The first kappa shape index (κ1) is 62.2. The Morgan fingerprint density at radius 2 is 0.945 bits per heavy atom. The van der Waals surface area contributed by atoms with Crippen LogP contribution in [0.1, 0.15) is 41.5 Å². The van der Waals surface area contributed by atoms with E-state index in [1.165, 1.54) is 47.0 Å². The molecule has 10 unspecified atom stereocenters. The SMILES string of the molecule is CC1[C@@H](O[C@H]2C(O)C(OS(=O)(=O)O)[C@H](O[C@@H]3C(COS(=O)(=O)O)O[C@H](C)C(C)[C@H]3O)O[C@H]2N[O-])OC(COS(=O)(=O)O)[C@@H](O[C@@H]2OC(C(=O)O)[C@@H](O[C@H]3OC(COS(=O)(=O)O)[C@@H](C)[C@H](O)C3C)[C@H](O)C2O)[C@@H]1C. The molecule has 0 aromatic heterocycles. The van der Waals surface area contributed by atoms with Gasteiger partial charge in [-0.2, -0.15) is 33.7 Å². The number of aliphatic hydroxyl groups is 5. The fourth-order valence-corrected chi connectivity index (χ4v) is 10.2. The van der Waals surface area contributed by atoms with Gasteiger partial charge in [-0.25, -0.2) is 21.5 Å². The van der Waals surface area contributed by atoms with Crippen LogP contribution in [0.4, 0.5) is 0 Å². The van der Waals surface area contributed by atoms with Crippen LogP contribution in [-0.2, 0) is 106 Å². The first-order valence-electron chi connectivity index (χ1n) is 21.9. The van der Waals surface area contributed by atoms with Crippen molar-refractivity contribution in [3.63, 3.8) is 0 Å². The molecule has 5 rings (SSSR count). The third-order valence-electron chi connectivity index (χ3n) is 13.2. The second-order valence-corrected chi connectivity index (χ2v) is 22.4. The Hall–Kier alpha value is -1.69. The summed E-state index contributed by atoms with van der Waals surface area (Å²) in [6, 6.07) is 0. The highest BCUT2D eigenvalue weighted by Crippen LogP contribution is 2.41.